The highest BCUT2D eigenvalue weighted by molar-refractivity contribution is 9.10. The molecule has 0 amide bonds. The van der Waals surface area contributed by atoms with Gasteiger partial charge in [-0.3, -0.25) is 0 Å². The first-order valence-electron chi connectivity index (χ1n) is 5.53. The molecule has 0 aliphatic carbocycles. The molecule has 1 heteroatoms. The van der Waals surface area contributed by atoms with E-state index in [2.05, 4.69) is 78.3 Å². The third kappa shape index (κ3) is 2.35. The van der Waals surface area contributed by atoms with Crippen LogP contribution >= 0.6 is 15.9 Å². The molecule has 0 saturated heterocycles. The van der Waals surface area contributed by atoms with Gasteiger partial charge in [0, 0.05) is 4.47 Å². The predicted octanol–water partition coefficient (Wildman–Crippen LogP) is 5.24. The van der Waals surface area contributed by atoms with Gasteiger partial charge in [-0.25, -0.2) is 0 Å². The number of halogens is 1. The van der Waals surface area contributed by atoms with Crippen molar-refractivity contribution in [2.75, 3.05) is 0 Å². The quantitative estimate of drug-likeness (QED) is 0.703. The molecule has 0 atom stereocenters. The lowest BCUT2D eigenvalue weighted by atomic mass is 9.93. The van der Waals surface area contributed by atoms with Crippen LogP contribution in [0.25, 0.3) is 11.1 Å². The second kappa shape index (κ2) is 4.84. The van der Waals surface area contributed by atoms with Gasteiger partial charge in [0.2, 0.25) is 0 Å². The molecule has 0 bridgehead atoms. The van der Waals surface area contributed by atoms with Gasteiger partial charge in [-0.05, 0) is 34.7 Å². The van der Waals surface area contributed by atoms with Gasteiger partial charge in [0.25, 0.3) is 0 Å². The van der Waals surface area contributed by atoms with Crippen LogP contribution in [0.15, 0.2) is 53.0 Å². The van der Waals surface area contributed by atoms with Gasteiger partial charge in [-0.1, -0.05) is 66.2 Å². The standard InChI is InChI=1S/C15H15Br/c1-11(2)14-9-8-13(16)10-15(14)12-6-4-3-5-7-12/h3-11H,1-2H3. The first-order valence-corrected chi connectivity index (χ1v) is 6.32. The van der Waals surface area contributed by atoms with Crippen molar-refractivity contribution in [3.05, 3.63) is 58.6 Å². The molecule has 0 radical (unpaired) electrons. The summed E-state index contributed by atoms with van der Waals surface area (Å²) in [6.07, 6.45) is 0. The molecular weight excluding hydrogens is 260 g/mol. The minimum atomic E-state index is 0.545. The minimum absolute atomic E-state index is 0.545. The number of hydrogen-bond acceptors (Lipinski definition) is 0. The SMILES string of the molecule is CC(C)c1ccc(Br)cc1-c1ccccc1. The molecule has 0 N–H and O–H groups in total. The summed E-state index contributed by atoms with van der Waals surface area (Å²) in [6, 6.07) is 17.1. The van der Waals surface area contributed by atoms with Crippen LogP contribution in [-0.4, -0.2) is 0 Å². The van der Waals surface area contributed by atoms with Gasteiger partial charge in [0.15, 0.2) is 0 Å². The smallest absolute Gasteiger partial charge is 0.0181 e. The Labute approximate surface area is 105 Å². The maximum Gasteiger partial charge on any atom is 0.0181 e. The van der Waals surface area contributed by atoms with E-state index in [0.717, 1.165) is 4.47 Å². The summed E-state index contributed by atoms with van der Waals surface area (Å²) in [5.74, 6) is 0.545. The van der Waals surface area contributed by atoms with Crippen LogP contribution in [0.1, 0.15) is 25.3 Å². The zero-order valence-corrected chi connectivity index (χ0v) is 11.2. The highest BCUT2D eigenvalue weighted by Gasteiger charge is 2.08. The summed E-state index contributed by atoms with van der Waals surface area (Å²) in [5.41, 5.74) is 4.01. The van der Waals surface area contributed by atoms with Crippen LogP contribution in [0.2, 0.25) is 0 Å². The number of benzene rings is 2. The molecule has 16 heavy (non-hydrogen) atoms. The van der Waals surface area contributed by atoms with E-state index >= 15 is 0 Å². The molecular formula is C15H15Br. The Hall–Kier alpha value is -1.08. The van der Waals surface area contributed by atoms with Crippen molar-refractivity contribution >= 4 is 15.9 Å². The zero-order chi connectivity index (χ0) is 11.5. The third-order valence-electron chi connectivity index (χ3n) is 2.72. The molecule has 0 fully saturated rings. The van der Waals surface area contributed by atoms with E-state index in [9.17, 15) is 0 Å². The molecule has 0 aliphatic rings. The summed E-state index contributed by atoms with van der Waals surface area (Å²) >= 11 is 3.54. The summed E-state index contributed by atoms with van der Waals surface area (Å²) in [5, 5.41) is 0. The summed E-state index contributed by atoms with van der Waals surface area (Å²) in [7, 11) is 0. The van der Waals surface area contributed by atoms with Gasteiger partial charge in [0.05, 0.1) is 0 Å². The van der Waals surface area contributed by atoms with Gasteiger partial charge >= 0.3 is 0 Å². The third-order valence-corrected chi connectivity index (χ3v) is 3.22. The van der Waals surface area contributed by atoms with Crippen LogP contribution in [0, 0.1) is 0 Å². The van der Waals surface area contributed by atoms with Gasteiger partial charge in [0.1, 0.15) is 0 Å². The molecule has 2 rings (SSSR count). The highest BCUT2D eigenvalue weighted by atomic mass is 79.9. The van der Waals surface area contributed by atoms with Crippen LogP contribution in [-0.2, 0) is 0 Å². The molecule has 0 aromatic heterocycles. The fraction of sp³-hybridized carbons (Fsp3) is 0.200. The largest absolute Gasteiger partial charge is 0.0622 e. The van der Waals surface area contributed by atoms with E-state index in [4.69, 9.17) is 0 Å². The lowest BCUT2D eigenvalue weighted by Crippen LogP contribution is -1.92. The molecule has 0 unspecified atom stereocenters. The van der Waals surface area contributed by atoms with Crippen molar-refractivity contribution in [3.63, 3.8) is 0 Å². The first kappa shape index (κ1) is 11.4. The maximum absolute atomic E-state index is 3.54. The number of rotatable bonds is 2. The zero-order valence-electron chi connectivity index (χ0n) is 9.57. The molecule has 2 aromatic rings. The summed E-state index contributed by atoms with van der Waals surface area (Å²) in [4.78, 5) is 0. The van der Waals surface area contributed by atoms with Crippen molar-refractivity contribution in [2.45, 2.75) is 19.8 Å². The Balaban J connectivity index is 2.58. The Morgan fingerprint density at radius 2 is 1.62 bits per heavy atom. The lowest BCUT2D eigenvalue weighted by Gasteiger charge is -2.13. The monoisotopic (exact) mass is 274 g/mol. The normalized spacial score (nSPS) is 10.8. The van der Waals surface area contributed by atoms with Gasteiger partial charge < -0.3 is 0 Å². The van der Waals surface area contributed by atoms with Gasteiger partial charge in [-0.15, -0.1) is 0 Å². The van der Waals surface area contributed by atoms with Crippen molar-refractivity contribution in [1.82, 2.24) is 0 Å². The molecule has 0 saturated carbocycles. The topological polar surface area (TPSA) is 0 Å². The fourth-order valence-electron chi connectivity index (χ4n) is 1.90. The average Bonchev–Trinajstić information content (AvgIpc) is 2.29. The molecule has 0 heterocycles. The van der Waals surface area contributed by atoms with E-state index in [-0.39, 0.29) is 0 Å². The Bertz CT molecular complexity index is 472. The molecule has 0 nitrogen and oxygen atoms in total. The van der Waals surface area contributed by atoms with Crippen molar-refractivity contribution in [1.29, 1.82) is 0 Å². The van der Waals surface area contributed by atoms with Crippen molar-refractivity contribution in [2.24, 2.45) is 0 Å². The second-order valence-corrected chi connectivity index (χ2v) is 5.17. The van der Waals surface area contributed by atoms with Gasteiger partial charge in [-0.2, -0.15) is 0 Å². The molecule has 82 valence electrons. The highest BCUT2D eigenvalue weighted by Crippen LogP contribution is 2.31. The van der Waals surface area contributed by atoms with E-state index < -0.39 is 0 Å². The van der Waals surface area contributed by atoms with E-state index in [1.807, 2.05) is 0 Å². The van der Waals surface area contributed by atoms with Crippen molar-refractivity contribution < 1.29 is 0 Å². The van der Waals surface area contributed by atoms with Crippen LogP contribution < -0.4 is 0 Å². The Kier molecular flexibility index (Phi) is 3.45. The minimum Gasteiger partial charge on any atom is -0.0622 e. The van der Waals surface area contributed by atoms with E-state index in [1.54, 1.807) is 0 Å². The van der Waals surface area contributed by atoms with Crippen molar-refractivity contribution in [3.8, 4) is 11.1 Å². The number of hydrogen-bond donors (Lipinski definition) is 0. The van der Waals surface area contributed by atoms with E-state index in [1.165, 1.54) is 16.7 Å². The van der Waals surface area contributed by atoms with Crippen LogP contribution in [0.4, 0.5) is 0 Å². The summed E-state index contributed by atoms with van der Waals surface area (Å²) < 4.78 is 1.13. The second-order valence-electron chi connectivity index (χ2n) is 4.25. The Morgan fingerprint density at radius 3 is 2.25 bits per heavy atom. The predicted molar refractivity (Wildman–Crippen MR) is 73.7 cm³/mol. The summed E-state index contributed by atoms with van der Waals surface area (Å²) in [6.45, 7) is 4.46. The maximum atomic E-state index is 3.54. The lowest BCUT2D eigenvalue weighted by molar-refractivity contribution is 0.868. The van der Waals surface area contributed by atoms with E-state index in [0.29, 0.717) is 5.92 Å². The average molecular weight is 275 g/mol. The molecule has 0 aliphatic heterocycles. The van der Waals surface area contributed by atoms with Crippen LogP contribution in [0.3, 0.4) is 0 Å². The molecule has 0 spiro atoms. The Morgan fingerprint density at radius 1 is 0.938 bits per heavy atom. The fourth-order valence-corrected chi connectivity index (χ4v) is 2.26. The molecule has 2 aromatic carbocycles. The van der Waals surface area contributed by atoms with Crippen LogP contribution in [0.5, 0.6) is 0 Å². The first-order chi connectivity index (χ1) is 7.68.